The van der Waals surface area contributed by atoms with Crippen LogP contribution >= 0.6 is 0 Å². The van der Waals surface area contributed by atoms with E-state index >= 15 is 0 Å². The molecule has 0 saturated carbocycles. The lowest BCUT2D eigenvalue weighted by atomic mass is 10.2. The first kappa shape index (κ1) is 14.2. The molecule has 1 fully saturated rings. The topological polar surface area (TPSA) is 75.4 Å². The monoisotopic (exact) mass is 303 g/mol. The largest absolute Gasteiger partial charge is 0.362 e. The van der Waals surface area contributed by atoms with Crippen molar-refractivity contribution in [3.63, 3.8) is 0 Å². The number of hydrogen-bond acceptors (Lipinski definition) is 6. The van der Waals surface area contributed by atoms with E-state index in [1.165, 1.54) is 12.1 Å². The first-order chi connectivity index (χ1) is 10.6. The van der Waals surface area contributed by atoms with Crippen LogP contribution in [0.5, 0.6) is 0 Å². The molecule has 1 aromatic carbocycles. The predicted molar refractivity (Wildman–Crippen MR) is 79.5 cm³/mol. The molecule has 0 bridgehead atoms. The molecule has 1 aromatic heterocycles. The third-order valence-electron chi connectivity index (χ3n) is 3.59. The van der Waals surface area contributed by atoms with Gasteiger partial charge in [0.15, 0.2) is 0 Å². The average Bonchev–Trinajstić information content (AvgIpc) is 2.55. The van der Waals surface area contributed by atoms with Gasteiger partial charge in [-0.1, -0.05) is 0 Å². The fraction of sp³-hybridized carbons (Fsp3) is 0.286. The van der Waals surface area contributed by atoms with Crippen LogP contribution in [-0.4, -0.2) is 41.1 Å². The molecule has 3 rings (SSSR count). The molecular weight excluding hydrogens is 289 g/mol. The van der Waals surface area contributed by atoms with E-state index in [9.17, 15) is 14.5 Å². The first-order valence-electron chi connectivity index (χ1n) is 6.86. The number of nitro benzene ring substituents is 1. The fourth-order valence-corrected chi connectivity index (χ4v) is 2.51. The second-order valence-corrected chi connectivity index (χ2v) is 4.91. The molecule has 0 unspecified atom stereocenters. The van der Waals surface area contributed by atoms with Gasteiger partial charge in [0.2, 0.25) is 5.95 Å². The van der Waals surface area contributed by atoms with Crippen molar-refractivity contribution in [3.05, 3.63) is 52.6 Å². The van der Waals surface area contributed by atoms with Gasteiger partial charge < -0.3 is 9.80 Å². The van der Waals surface area contributed by atoms with Crippen LogP contribution in [-0.2, 0) is 0 Å². The fourth-order valence-electron chi connectivity index (χ4n) is 2.51. The van der Waals surface area contributed by atoms with Gasteiger partial charge in [-0.05, 0) is 12.1 Å². The molecule has 2 aromatic rings. The number of nitrogens with zero attached hydrogens (tertiary/aromatic N) is 5. The summed E-state index contributed by atoms with van der Waals surface area (Å²) < 4.78 is 13.4. The second-order valence-electron chi connectivity index (χ2n) is 4.91. The van der Waals surface area contributed by atoms with E-state index in [0.717, 1.165) is 6.07 Å². The van der Waals surface area contributed by atoms with Crippen molar-refractivity contribution in [1.29, 1.82) is 0 Å². The Morgan fingerprint density at radius 1 is 1.09 bits per heavy atom. The number of benzene rings is 1. The predicted octanol–water partition coefficient (Wildman–Crippen LogP) is 1.85. The highest BCUT2D eigenvalue weighted by molar-refractivity contribution is 5.64. The average molecular weight is 303 g/mol. The lowest BCUT2D eigenvalue weighted by Crippen LogP contribution is -2.47. The SMILES string of the molecule is O=[N+]([O-])c1ccc(F)cc1N1CCN(c2ncccn2)CC1. The molecule has 2 heterocycles. The minimum atomic E-state index is -0.485. The van der Waals surface area contributed by atoms with Gasteiger partial charge in [-0.3, -0.25) is 10.1 Å². The zero-order valence-corrected chi connectivity index (χ0v) is 11.7. The van der Waals surface area contributed by atoms with Crippen molar-refractivity contribution in [3.8, 4) is 0 Å². The summed E-state index contributed by atoms with van der Waals surface area (Å²) in [6.45, 7) is 2.33. The van der Waals surface area contributed by atoms with Gasteiger partial charge in [0.05, 0.1) is 4.92 Å². The Kier molecular flexibility index (Phi) is 3.82. The van der Waals surface area contributed by atoms with E-state index in [0.29, 0.717) is 37.8 Å². The molecule has 0 aliphatic carbocycles. The Morgan fingerprint density at radius 2 is 1.73 bits per heavy atom. The normalized spacial score (nSPS) is 15.0. The Labute approximate surface area is 126 Å². The van der Waals surface area contributed by atoms with Gasteiger partial charge in [0.25, 0.3) is 5.69 Å². The summed E-state index contributed by atoms with van der Waals surface area (Å²) >= 11 is 0. The highest BCUT2D eigenvalue weighted by Crippen LogP contribution is 2.29. The maximum atomic E-state index is 13.4. The summed E-state index contributed by atoms with van der Waals surface area (Å²) in [6.07, 6.45) is 3.35. The highest BCUT2D eigenvalue weighted by atomic mass is 19.1. The van der Waals surface area contributed by atoms with E-state index in [-0.39, 0.29) is 5.69 Å². The standard InChI is InChI=1S/C14H14FN5O2/c15-11-2-3-12(20(21)22)13(10-11)18-6-8-19(9-7-18)14-16-4-1-5-17-14/h1-5,10H,6-9H2. The first-order valence-corrected chi connectivity index (χ1v) is 6.86. The van der Waals surface area contributed by atoms with Gasteiger partial charge in [0.1, 0.15) is 11.5 Å². The molecule has 1 aliphatic heterocycles. The summed E-state index contributed by atoms with van der Waals surface area (Å²) in [5, 5.41) is 11.1. The van der Waals surface area contributed by atoms with Crippen molar-refractivity contribution < 1.29 is 9.31 Å². The lowest BCUT2D eigenvalue weighted by molar-refractivity contribution is -0.384. The molecule has 114 valence electrons. The van der Waals surface area contributed by atoms with Gasteiger partial charge in [0, 0.05) is 50.7 Å². The molecule has 7 nitrogen and oxygen atoms in total. The van der Waals surface area contributed by atoms with Gasteiger partial charge >= 0.3 is 0 Å². The van der Waals surface area contributed by atoms with Gasteiger partial charge in [-0.2, -0.15) is 0 Å². The summed E-state index contributed by atoms with van der Waals surface area (Å²) in [5.74, 6) is 0.158. The summed E-state index contributed by atoms with van der Waals surface area (Å²) in [5.41, 5.74) is 0.240. The Bertz CT molecular complexity index is 674. The molecular formula is C14H14FN5O2. The number of anilines is 2. The molecule has 0 radical (unpaired) electrons. The zero-order chi connectivity index (χ0) is 15.5. The van der Waals surface area contributed by atoms with Gasteiger partial charge in [-0.25, -0.2) is 14.4 Å². The number of rotatable bonds is 3. The highest BCUT2D eigenvalue weighted by Gasteiger charge is 2.25. The third-order valence-corrected chi connectivity index (χ3v) is 3.59. The number of halogens is 1. The van der Waals surface area contributed by atoms with Crippen LogP contribution in [0.15, 0.2) is 36.7 Å². The summed E-state index contributed by atoms with van der Waals surface area (Å²) in [7, 11) is 0. The molecule has 22 heavy (non-hydrogen) atoms. The molecule has 1 aliphatic rings. The van der Waals surface area contributed by atoms with Crippen LogP contribution in [0.2, 0.25) is 0 Å². The molecule has 8 heteroatoms. The lowest BCUT2D eigenvalue weighted by Gasteiger charge is -2.35. The van der Waals surface area contributed by atoms with Crippen molar-refractivity contribution in [2.45, 2.75) is 0 Å². The van der Waals surface area contributed by atoms with E-state index in [4.69, 9.17) is 0 Å². The summed E-state index contributed by atoms with van der Waals surface area (Å²) in [6, 6.07) is 5.27. The maximum Gasteiger partial charge on any atom is 0.292 e. The van der Waals surface area contributed by atoms with Crippen LogP contribution < -0.4 is 9.80 Å². The van der Waals surface area contributed by atoms with E-state index in [2.05, 4.69) is 9.97 Å². The number of hydrogen-bond donors (Lipinski definition) is 0. The maximum absolute atomic E-state index is 13.4. The van der Waals surface area contributed by atoms with Crippen LogP contribution in [0.3, 0.4) is 0 Å². The number of aromatic nitrogens is 2. The van der Waals surface area contributed by atoms with Crippen molar-refractivity contribution in [2.24, 2.45) is 0 Å². The van der Waals surface area contributed by atoms with E-state index in [1.807, 2.05) is 9.80 Å². The molecule has 0 N–H and O–H groups in total. The van der Waals surface area contributed by atoms with Crippen LogP contribution in [0, 0.1) is 15.9 Å². The molecule has 0 spiro atoms. The Hall–Kier alpha value is -2.77. The van der Waals surface area contributed by atoms with Crippen LogP contribution in [0.1, 0.15) is 0 Å². The van der Waals surface area contributed by atoms with E-state index < -0.39 is 10.7 Å². The minimum Gasteiger partial charge on any atom is -0.362 e. The third kappa shape index (κ3) is 2.80. The Morgan fingerprint density at radius 3 is 2.36 bits per heavy atom. The molecule has 0 amide bonds. The molecule has 0 atom stereocenters. The van der Waals surface area contributed by atoms with Crippen LogP contribution in [0.4, 0.5) is 21.7 Å². The van der Waals surface area contributed by atoms with Crippen molar-refractivity contribution in [2.75, 3.05) is 36.0 Å². The Balaban J connectivity index is 1.77. The smallest absolute Gasteiger partial charge is 0.292 e. The van der Waals surface area contributed by atoms with Crippen molar-refractivity contribution >= 4 is 17.3 Å². The number of nitro groups is 1. The summed E-state index contributed by atoms with van der Waals surface area (Å²) in [4.78, 5) is 22.8. The zero-order valence-electron chi connectivity index (χ0n) is 11.7. The molecule has 1 saturated heterocycles. The van der Waals surface area contributed by atoms with E-state index in [1.54, 1.807) is 18.5 Å². The second kappa shape index (κ2) is 5.92. The van der Waals surface area contributed by atoms with Gasteiger partial charge in [-0.15, -0.1) is 0 Å². The van der Waals surface area contributed by atoms with Crippen LogP contribution in [0.25, 0.3) is 0 Å². The quantitative estimate of drug-likeness (QED) is 0.636. The number of piperazine rings is 1. The van der Waals surface area contributed by atoms with Crippen molar-refractivity contribution in [1.82, 2.24) is 9.97 Å². The minimum absolute atomic E-state index is 0.0780.